The van der Waals surface area contributed by atoms with Crippen LogP contribution in [0.25, 0.3) is 0 Å². The Hall–Kier alpha value is -0.570. The monoisotopic (exact) mass is 225 g/mol. The number of hydrogen-bond acceptors (Lipinski definition) is 2. The molecule has 0 aromatic rings. The smallest absolute Gasteiger partial charge is 0.0947 e. The normalized spacial score (nSPS) is 22.9. The molecule has 0 amide bonds. The molecule has 0 aliphatic carbocycles. The van der Waals surface area contributed by atoms with Gasteiger partial charge in [-0.3, -0.25) is 5.41 Å². The molecule has 1 heterocycles. The van der Waals surface area contributed by atoms with Crippen LogP contribution < -0.4 is 5.73 Å². The Morgan fingerprint density at radius 3 is 2.19 bits per heavy atom. The minimum atomic E-state index is 0.204. The van der Waals surface area contributed by atoms with Gasteiger partial charge in [-0.2, -0.15) is 0 Å². The lowest BCUT2D eigenvalue weighted by molar-refractivity contribution is 0.0913. The molecule has 1 rings (SSSR count). The Morgan fingerprint density at radius 1 is 1.31 bits per heavy atom. The van der Waals surface area contributed by atoms with Crippen molar-refractivity contribution in [1.29, 1.82) is 5.41 Å². The molecule has 1 aliphatic heterocycles. The van der Waals surface area contributed by atoms with Crippen molar-refractivity contribution in [3.63, 3.8) is 0 Å². The lowest BCUT2D eigenvalue weighted by Gasteiger charge is -2.41. The number of amidine groups is 1. The van der Waals surface area contributed by atoms with Crippen LogP contribution in [0.1, 0.15) is 46.5 Å². The van der Waals surface area contributed by atoms with Crippen LogP contribution in [0.5, 0.6) is 0 Å². The van der Waals surface area contributed by atoms with Gasteiger partial charge in [-0.25, -0.2) is 0 Å². The van der Waals surface area contributed by atoms with E-state index >= 15 is 0 Å². The molecule has 3 N–H and O–H groups in total. The number of hydrogen-bond donors (Lipinski definition) is 2. The van der Waals surface area contributed by atoms with Gasteiger partial charge in [0.25, 0.3) is 0 Å². The van der Waals surface area contributed by atoms with Gasteiger partial charge in [0.05, 0.1) is 5.84 Å². The van der Waals surface area contributed by atoms with E-state index in [1.165, 1.54) is 38.8 Å². The average Bonchev–Trinajstić information content (AvgIpc) is 2.30. The van der Waals surface area contributed by atoms with Crippen molar-refractivity contribution in [2.45, 2.75) is 46.5 Å². The third kappa shape index (κ3) is 3.21. The molecule has 1 fully saturated rings. The molecule has 0 aromatic carbocycles. The van der Waals surface area contributed by atoms with Gasteiger partial charge in [0.1, 0.15) is 0 Å². The summed E-state index contributed by atoms with van der Waals surface area (Å²) < 4.78 is 0. The summed E-state index contributed by atoms with van der Waals surface area (Å²) in [4.78, 5) is 2.47. The van der Waals surface area contributed by atoms with Gasteiger partial charge >= 0.3 is 0 Å². The Balaban J connectivity index is 2.40. The van der Waals surface area contributed by atoms with Gasteiger partial charge in [0, 0.05) is 12.5 Å². The molecule has 0 bridgehead atoms. The Bertz CT molecular complexity index is 223. The zero-order chi connectivity index (χ0) is 12.2. The molecule has 0 aromatic heterocycles. The van der Waals surface area contributed by atoms with Crippen LogP contribution in [0.4, 0.5) is 0 Å². The van der Waals surface area contributed by atoms with Crippen LogP contribution >= 0.6 is 0 Å². The number of nitrogens with zero attached hydrogens (tertiary/aromatic N) is 1. The van der Waals surface area contributed by atoms with E-state index in [4.69, 9.17) is 11.1 Å². The lowest BCUT2D eigenvalue weighted by atomic mass is 9.74. The first-order valence-corrected chi connectivity index (χ1v) is 6.59. The summed E-state index contributed by atoms with van der Waals surface area (Å²) in [6.07, 6.45) is 5.23. The summed E-state index contributed by atoms with van der Waals surface area (Å²) in [5.74, 6) is 0.526. The van der Waals surface area contributed by atoms with Crippen LogP contribution in [-0.4, -0.2) is 30.4 Å². The molecule has 1 saturated heterocycles. The van der Waals surface area contributed by atoms with Crippen molar-refractivity contribution in [1.82, 2.24) is 4.90 Å². The van der Waals surface area contributed by atoms with E-state index in [1.807, 2.05) is 6.92 Å². The topological polar surface area (TPSA) is 53.1 Å². The van der Waals surface area contributed by atoms with E-state index in [2.05, 4.69) is 18.7 Å². The van der Waals surface area contributed by atoms with E-state index in [1.54, 1.807) is 0 Å². The quantitative estimate of drug-likeness (QED) is 0.558. The van der Waals surface area contributed by atoms with Crippen LogP contribution in [0.15, 0.2) is 0 Å². The van der Waals surface area contributed by atoms with Crippen LogP contribution in [0.3, 0.4) is 0 Å². The van der Waals surface area contributed by atoms with E-state index in [0.29, 0.717) is 11.3 Å². The average molecular weight is 225 g/mol. The number of likely N-dealkylation sites (tertiary alicyclic amines) is 1. The molecule has 1 atom stereocenters. The summed E-state index contributed by atoms with van der Waals surface area (Å²) in [6, 6.07) is 0. The molecule has 0 radical (unpaired) electrons. The fourth-order valence-electron chi connectivity index (χ4n) is 2.65. The van der Waals surface area contributed by atoms with Gasteiger partial charge in [-0.05, 0) is 31.3 Å². The molecular formula is C13H27N3. The number of piperidine rings is 1. The molecule has 1 aliphatic rings. The van der Waals surface area contributed by atoms with Gasteiger partial charge in [0.2, 0.25) is 0 Å². The lowest BCUT2D eigenvalue weighted by Crippen LogP contribution is -2.43. The number of nitrogens with two attached hydrogens (primary N) is 1. The maximum Gasteiger partial charge on any atom is 0.0947 e. The Kier molecular flexibility index (Phi) is 4.78. The Morgan fingerprint density at radius 2 is 1.81 bits per heavy atom. The molecule has 0 saturated carbocycles. The highest BCUT2D eigenvalue weighted by Crippen LogP contribution is 2.37. The first kappa shape index (κ1) is 13.5. The molecule has 94 valence electrons. The summed E-state index contributed by atoms with van der Waals surface area (Å²) in [6.45, 7) is 10.00. The molecular weight excluding hydrogens is 198 g/mol. The molecule has 16 heavy (non-hydrogen) atoms. The second-order valence-electron chi connectivity index (χ2n) is 5.36. The molecule has 0 spiro atoms. The maximum absolute atomic E-state index is 7.42. The second-order valence-corrected chi connectivity index (χ2v) is 5.36. The van der Waals surface area contributed by atoms with Crippen molar-refractivity contribution in [2.75, 3.05) is 19.6 Å². The predicted octanol–water partition coefficient (Wildman–Crippen LogP) is 2.46. The SMILES string of the molecule is CCC1(CC)CCN(CC(C)C(=N)N)CC1. The zero-order valence-electron chi connectivity index (χ0n) is 11.1. The van der Waals surface area contributed by atoms with Crippen molar-refractivity contribution in [3.8, 4) is 0 Å². The van der Waals surface area contributed by atoms with Crippen molar-refractivity contribution < 1.29 is 0 Å². The summed E-state index contributed by atoms with van der Waals surface area (Å²) >= 11 is 0. The molecule has 3 heteroatoms. The largest absolute Gasteiger partial charge is 0.387 e. The highest BCUT2D eigenvalue weighted by molar-refractivity contribution is 5.79. The number of nitrogens with one attached hydrogen (secondary N) is 1. The maximum atomic E-state index is 7.42. The fourth-order valence-corrected chi connectivity index (χ4v) is 2.65. The predicted molar refractivity (Wildman–Crippen MR) is 69.8 cm³/mol. The highest BCUT2D eigenvalue weighted by Gasteiger charge is 2.31. The summed E-state index contributed by atoms with van der Waals surface area (Å²) in [5.41, 5.74) is 6.11. The van der Waals surface area contributed by atoms with Crippen LogP contribution in [-0.2, 0) is 0 Å². The van der Waals surface area contributed by atoms with Crippen molar-refractivity contribution in [2.24, 2.45) is 17.1 Å². The van der Waals surface area contributed by atoms with Gasteiger partial charge in [-0.15, -0.1) is 0 Å². The summed E-state index contributed by atoms with van der Waals surface area (Å²) in [7, 11) is 0. The highest BCUT2D eigenvalue weighted by atomic mass is 15.1. The minimum absolute atomic E-state index is 0.204. The Labute approximate surface area is 99.9 Å². The number of rotatable bonds is 5. The standard InChI is InChI=1S/C13H27N3/c1-4-13(5-2)6-8-16(9-7-13)10-11(3)12(14)15/h11H,4-10H2,1-3H3,(H3,14,15). The van der Waals surface area contributed by atoms with E-state index in [0.717, 1.165) is 6.54 Å². The van der Waals surface area contributed by atoms with E-state index in [9.17, 15) is 0 Å². The van der Waals surface area contributed by atoms with Crippen molar-refractivity contribution >= 4 is 5.84 Å². The van der Waals surface area contributed by atoms with E-state index in [-0.39, 0.29) is 5.92 Å². The third-order valence-corrected chi connectivity index (χ3v) is 4.48. The first-order chi connectivity index (χ1) is 7.53. The van der Waals surface area contributed by atoms with E-state index < -0.39 is 0 Å². The fraction of sp³-hybridized carbons (Fsp3) is 0.923. The van der Waals surface area contributed by atoms with Crippen molar-refractivity contribution in [3.05, 3.63) is 0 Å². The van der Waals surface area contributed by atoms with Crippen LogP contribution in [0.2, 0.25) is 0 Å². The summed E-state index contributed by atoms with van der Waals surface area (Å²) in [5, 5.41) is 7.42. The second kappa shape index (κ2) is 5.67. The van der Waals surface area contributed by atoms with Gasteiger partial charge < -0.3 is 10.6 Å². The van der Waals surface area contributed by atoms with Gasteiger partial charge in [-0.1, -0.05) is 33.6 Å². The minimum Gasteiger partial charge on any atom is -0.387 e. The molecule has 1 unspecified atom stereocenters. The van der Waals surface area contributed by atoms with Gasteiger partial charge in [0.15, 0.2) is 0 Å². The molecule has 3 nitrogen and oxygen atoms in total. The third-order valence-electron chi connectivity index (χ3n) is 4.48. The first-order valence-electron chi connectivity index (χ1n) is 6.59. The zero-order valence-corrected chi connectivity index (χ0v) is 11.1. The van der Waals surface area contributed by atoms with Crippen LogP contribution in [0, 0.1) is 16.7 Å².